The molecule has 1 aliphatic heterocycles. The predicted molar refractivity (Wildman–Crippen MR) is 110 cm³/mol. The molecule has 28 heavy (non-hydrogen) atoms. The van der Waals surface area contributed by atoms with Crippen molar-refractivity contribution in [1.82, 2.24) is 10.2 Å². The number of rotatable bonds is 6. The van der Waals surface area contributed by atoms with E-state index in [4.69, 9.17) is 11.6 Å². The minimum atomic E-state index is -0.502. The maximum Gasteiger partial charge on any atom is 0.238 e. The minimum absolute atomic E-state index is 0.0716. The molecule has 0 saturated heterocycles. The molecular weight excluding hydrogens is 401 g/mol. The smallest absolute Gasteiger partial charge is 0.238 e. The Morgan fingerprint density at radius 1 is 1.29 bits per heavy atom. The van der Waals surface area contributed by atoms with Crippen LogP contribution in [-0.4, -0.2) is 42.6 Å². The molecule has 2 amide bonds. The highest BCUT2D eigenvalue weighted by molar-refractivity contribution is 8.01. The van der Waals surface area contributed by atoms with Crippen LogP contribution in [0.25, 0.3) is 0 Å². The first-order valence-electron chi connectivity index (χ1n) is 8.79. The summed E-state index contributed by atoms with van der Waals surface area (Å²) in [5.74, 6) is -0.719. The lowest BCUT2D eigenvalue weighted by molar-refractivity contribution is -0.124. The van der Waals surface area contributed by atoms with E-state index in [0.29, 0.717) is 17.3 Å². The number of nitrogens with zero attached hydrogens (tertiary/aromatic N) is 1. The van der Waals surface area contributed by atoms with E-state index in [2.05, 4.69) is 10.6 Å². The highest BCUT2D eigenvalue weighted by Gasteiger charge is 2.29. The highest BCUT2D eigenvalue weighted by Crippen LogP contribution is 2.38. The third-order valence-corrected chi connectivity index (χ3v) is 6.01. The van der Waals surface area contributed by atoms with E-state index in [1.807, 2.05) is 25.1 Å². The standard InChI is InChI=1S/C20H21ClFN3O2S/c1-25(2)16(12-3-6-14(22)7-4-12)11-23-19(26)10-18-20(27)24-15-9-13(21)5-8-17(15)28-18/h3-9,16,18H,10-11H2,1-2H3,(H,23,26)(H,24,27). The number of nitrogens with one attached hydrogen (secondary N) is 2. The summed E-state index contributed by atoms with van der Waals surface area (Å²) in [7, 11) is 3.79. The van der Waals surface area contributed by atoms with Crippen molar-refractivity contribution in [3.8, 4) is 0 Å². The number of hydrogen-bond donors (Lipinski definition) is 2. The first kappa shape index (κ1) is 20.6. The van der Waals surface area contributed by atoms with E-state index < -0.39 is 5.25 Å². The Balaban J connectivity index is 1.59. The van der Waals surface area contributed by atoms with Crippen LogP contribution in [0.5, 0.6) is 0 Å². The predicted octanol–water partition coefficient (Wildman–Crippen LogP) is 3.70. The van der Waals surface area contributed by atoms with Gasteiger partial charge in [0.25, 0.3) is 0 Å². The zero-order chi connectivity index (χ0) is 20.3. The van der Waals surface area contributed by atoms with E-state index in [9.17, 15) is 14.0 Å². The molecule has 0 bridgehead atoms. The number of benzene rings is 2. The summed E-state index contributed by atoms with van der Waals surface area (Å²) in [6, 6.07) is 11.4. The largest absolute Gasteiger partial charge is 0.354 e. The first-order chi connectivity index (χ1) is 13.3. The van der Waals surface area contributed by atoms with Crippen LogP contribution in [0.2, 0.25) is 5.02 Å². The SMILES string of the molecule is CN(C)C(CNC(=O)CC1Sc2ccc(Cl)cc2NC1=O)c1ccc(F)cc1. The van der Waals surface area contributed by atoms with Gasteiger partial charge in [0.15, 0.2) is 0 Å². The van der Waals surface area contributed by atoms with Gasteiger partial charge in [-0.25, -0.2) is 4.39 Å². The molecule has 1 heterocycles. The molecule has 8 heteroatoms. The van der Waals surface area contributed by atoms with Crippen LogP contribution in [0, 0.1) is 5.82 Å². The molecule has 0 aliphatic carbocycles. The van der Waals surface area contributed by atoms with Gasteiger partial charge in [-0.1, -0.05) is 23.7 Å². The summed E-state index contributed by atoms with van der Waals surface area (Å²) < 4.78 is 13.2. The summed E-state index contributed by atoms with van der Waals surface area (Å²) >= 11 is 7.31. The molecule has 0 fully saturated rings. The number of fused-ring (bicyclic) bond motifs is 1. The van der Waals surface area contributed by atoms with Gasteiger partial charge in [0.05, 0.1) is 17.0 Å². The maximum absolute atomic E-state index is 13.2. The second-order valence-electron chi connectivity index (χ2n) is 6.78. The zero-order valence-corrected chi connectivity index (χ0v) is 17.1. The van der Waals surface area contributed by atoms with E-state index in [-0.39, 0.29) is 30.1 Å². The lowest BCUT2D eigenvalue weighted by Crippen LogP contribution is -2.38. The van der Waals surface area contributed by atoms with Crippen LogP contribution < -0.4 is 10.6 Å². The van der Waals surface area contributed by atoms with Crippen molar-refractivity contribution < 1.29 is 14.0 Å². The minimum Gasteiger partial charge on any atom is -0.354 e. The Morgan fingerprint density at radius 3 is 2.68 bits per heavy atom. The number of amides is 2. The van der Waals surface area contributed by atoms with Gasteiger partial charge < -0.3 is 15.5 Å². The molecule has 0 radical (unpaired) electrons. The van der Waals surface area contributed by atoms with Gasteiger partial charge in [-0.3, -0.25) is 9.59 Å². The van der Waals surface area contributed by atoms with Crippen LogP contribution in [0.4, 0.5) is 10.1 Å². The molecule has 2 aromatic carbocycles. The molecule has 0 spiro atoms. The third kappa shape index (κ3) is 5.04. The summed E-state index contributed by atoms with van der Waals surface area (Å²) in [6.07, 6.45) is 0.0716. The third-order valence-electron chi connectivity index (χ3n) is 4.50. The lowest BCUT2D eigenvalue weighted by Gasteiger charge is -2.26. The second kappa shape index (κ2) is 8.94. The molecule has 0 aromatic heterocycles. The summed E-state index contributed by atoms with van der Waals surface area (Å²) in [4.78, 5) is 27.6. The van der Waals surface area contributed by atoms with Crippen molar-refractivity contribution in [3.05, 3.63) is 58.9 Å². The fourth-order valence-electron chi connectivity index (χ4n) is 2.99. The van der Waals surface area contributed by atoms with Crippen LogP contribution in [0.1, 0.15) is 18.0 Å². The number of anilines is 1. The number of carbonyl (C=O) groups excluding carboxylic acids is 2. The van der Waals surface area contributed by atoms with Crippen LogP contribution in [0.3, 0.4) is 0 Å². The zero-order valence-electron chi connectivity index (χ0n) is 15.5. The molecule has 2 atom stereocenters. The molecule has 2 N–H and O–H groups in total. The van der Waals surface area contributed by atoms with Gasteiger partial charge >= 0.3 is 0 Å². The summed E-state index contributed by atoms with van der Waals surface area (Å²) in [5.41, 5.74) is 1.57. The number of likely N-dealkylation sites (N-methyl/N-ethyl adjacent to an activating group) is 1. The van der Waals surface area contributed by atoms with Crippen molar-refractivity contribution in [2.45, 2.75) is 22.6 Å². The van der Waals surface area contributed by atoms with Crippen molar-refractivity contribution in [2.24, 2.45) is 0 Å². The first-order valence-corrected chi connectivity index (χ1v) is 10.0. The molecule has 1 aliphatic rings. The van der Waals surface area contributed by atoms with Crippen LogP contribution >= 0.6 is 23.4 Å². The van der Waals surface area contributed by atoms with E-state index in [1.165, 1.54) is 23.9 Å². The normalized spacial score (nSPS) is 17.0. The number of carbonyl (C=O) groups is 2. The van der Waals surface area contributed by atoms with E-state index >= 15 is 0 Å². The lowest BCUT2D eigenvalue weighted by atomic mass is 10.1. The monoisotopic (exact) mass is 421 g/mol. The molecule has 2 aromatic rings. The number of thioether (sulfide) groups is 1. The molecule has 148 valence electrons. The van der Waals surface area contributed by atoms with Gasteiger partial charge in [0.2, 0.25) is 11.8 Å². The van der Waals surface area contributed by atoms with Crippen molar-refractivity contribution >= 4 is 40.9 Å². The fraction of sp³-hybridized carbons (Fsp3) is 0.300. The van der Waals surface area contributed by atoms with Crippen molar-refractivity contribution in [1.29, 1.82) is 0 Å². The Labute approximate surface area is 172 Å². The molecular formula is C20H21ClFN3O2S. The Bertz CT molecular complexity index is 876. The molecule has 5 nitrogen and oxygen atoms in total. The van der Waals surface area contributed by atoms with Crippen LogP contribution in [0.15, 0.2) is 47.4 Å². The summed E-state index contributed by atoms with van der Waals surface area (Å²) in [6.45, 7) is 0.364. The fourth-order valence-corrected chi connectivity index (χ4v) is 4.25. The van der Waals surface area contributed by atoms with Crippen LogP contribution in [-0.2, 0) is 9.59 Å². The highest BCUT2D eigenvalue weighted by atomic mass is 35.5. The maximum atomic E-state index is 13.2. The average molecular weight is 422 g/mol. The van der Waals surface area contributed by atoms with Gasteiger partial charge in [-0.15, -0.1) is 11.8 Å². The number of halogens is 2. The summed E-state index contributed by atoms with van der Waals surface area (Å²) in [5, 5.41) is 5.74. The van der Waals surface area contributed by atoms with Gasteiger partial charge in [0.1, 0.15) is 5.82 Å². The topological polar surface area (TPSA) is 61.4 Å². The van der Waals surface area contributed by atoms with Crippen molar-refractivity contribution in [2.75, 3.05) is 26.0 Å². The Kier molecular flexibility index (Phi) is 6.59. The van der Waals surface area contributed by atoms with Gasteiger partial charge in [0, 0.05) is 22.9 Å². The van der Waals surface area contributed by atoms with Gasteiger partial charge in [-0.2, -0.15) is 0 Å². The van der Waals surface area contributed by atoms with E-state index in [0.717, 1.165) is 10.5 Å². The molecule has 2 unspecified atom stereocenters. The second-order valence-corrected chi connectivity index (χ2v) is 8.46. The van der Waals surface area contributed by atoms with E-state index in [1.54, 1.807) is 24.3 Å². The van der Waals surface area contributed by atoms with Crippen molar-refractivity contribution in [3.63, 3.8) is 0 Å². The molecule has 0 saturated carbocycles. The van der Waals surface area contributed by atoms with Gasteiger partial charge in [-0.05, 0) is 50.0 Å². The molecule has 3 rings (SSSR count). The number of hydrogen-bond acceptors (Lipinski definition) is 4. The Hall–Kier alpha value is -2.09. The average Bonchev–Trinajstić information content (AvgIpc) is 2.64. The Morgan fingerprint density at radius 2 is 2.00 bits per heavy atom. The quantitative estimate of drug-likeness (QED) is 0.746.